The fourth-order valence-electron chi connectivity index (χ4n) is 6.43. The number of carbonyl (C=O) groups is 2. The topological polar surface area (TPSA) is 116 Å². The highest BCUT2D eigenvalue weighted by Crippen LogP contribution is 2.45. The number of ketones is 1. The Bertz CT molecular complexity index is 1280. The number of ether oxygens (including phenoxy) is 1. The zero-order valence-corrected chi connectivity index (χ0v) is 25.0. The first-order valence-electron chi connectivity index (χ1n) is 14.9. The number of aliphatic hydroxyl groups is 1. The smallest absolute Gasteiger partial charge is 0.235 e. The molecular weight excluding hydrogens is 516 g/mol. The number of hydrogen-bond acceptors (Lipinski definition) is 7. The van der Waals surface area contributed by atoms with Gasteiger partial charge in [0.25, 0.3) is 0 Å². The number of benzene rings is 1. The maximum Gasteiger partial charge on any atom is 0.235 e. The zero-order valence-electron chi connectivity index (χ0n) is 25.0. The minimum absolute atomic E-state index is 0.0438. The van der Waals surface area contributed by atoms with Gasteiger partial charge < -0.3 is 20.0 Å². The molecular formula is C33H44N4O4. The number of fused-ring (bicyclic) bond motifs is 2. The van der Waals surface area contributed by atoms with Crippen molar-refractivity contribution in [2.75, 3.05) is 31.6 Å². The van der Waals surface area contributed by atoms with E-state index in [0.29, 0.717) is 25.0 Å². The van der Waals surface area contributed by atoms with Crippen molar-refractivity contribution in [1.29, 1.82) is 5.26 Å². The fraction of sp³-hybridized carbons (Fsp3) is 0.576. The Morgan fingerprint density at radius 3 is 2.63 bits per heavy atom. The van der Waals surface area contributed by atoms with Crippen LogP contribution in [0.5, 0.6) is 5.75 Å². The van der Waals surface area contributed by atoms with Crippen LogP contribution in [0.15, 0.2) is 30.5 Å². The molecule has 8 nitrogen and oxygen atoms in total. The molecule has 0 bridgehead atoms. The van der Waals surface area contributed by atoms with Crippen LogP contribution >= 0.6 is 0 Å². The van der Waals surface area contributed by atoms with Crippen molar-refractivity contribution < 1.29 is 19.4 Å². The summed E-state index contributed by atoms with van der Waals surface area (Å²) >= 11 is 0. The third-order valence-electron chi connectivity index (χ3n) is 8.80. The monoisotopic (exact) mass is 560 g/mol. The quantitative estimate of drug-likeness (QED) is 0.439. The zero-order chi connectivity index (χ0) is 29.6. The third-order valence-corrected chi connectivity index (χ3v) is 8.80. The molecule has 0 radical (unpaired) electrons. The summed E-state index contributed by atoms with van der Waals surface area (Å²) in [5, 5.41) is 21.6. The Kier molecular flexibility index (Phi) is 9.83. The van der Waals surface area contributed by atoms with Crippen molar-refractivity contribution in [3.8, 4) is 11.8 Å². The van der Waals surface area contributed by atoms with Gasteiger partial charge in [0.15, 0.2) is 0 Å². The molecule has 1 saturated carbocycles. The highest BCUT2D eigenvalue weighted by atomic mass is 16.5. The summed E-state index contributed by atoms with van der Waals surface area (Å²) in [5.41, 5.74) is 3.51. The number of rotatable bonds is 9. The molecule has 8 heteroatoms. The first-order valence-corrected chi connectivity index (χ1v) is 14.9. The molecule has 5 rings (SSSR count). The number of likely N-dealkylation sites (tertiary alicyclic amines) is 1. The number of nitrogens with zero attached hydrogens (tertiary/aromatic N) is 3. The van der Waals surface area contributed by atoms with E-state index in [0.717, 1.165) is 79.5 Å². The molecule has 41 heavy (non-hydrogen) atoms. The second-order valence-electron chi connectivity index (χ2n) is 12.3. The minimum Gasteiger partial charge on any atom is -0.491 e. The summed E-state index contributed by atoms with van der Waals surface area (Å²) < 4.78 is 5.93. The Morgan fingerprint density at radius 1 is 1.27 bits per heavy atom. The van der Waals surface area contributed by atoms with Gasteiger partial charge >= 0.3 is 0 Å². The molecule has 3 heterocycles. The lowest BCUT2D eigenvalue weighted by molar-refractivity contribution is -0.122. The van der Waals surface area contributed by atoms with E-state index in [1.54, 1.807) is 19.2 Å². The van der Waals surface area contributed by atoms with E-state index >= 15 is 0 Å². The number of nitriles is 1. The second-order valence-corrected chi connectivity index (χ2v) is 12.3. The molecule has 1 spiro atoms. The number of Topliss-reactive ketones (excluding diaryl/α,β-unsaturated/α-hetero) is 1. The van der Waals surface area contributed by atoms with Crippen molar-refractivity contribution in [2.24, 2.45) is 5.92 Å². The van der Waals surface area contributed by atoms with E-state index in [9.17, 15) is 20.0 Å². The van der Waals surface area contributed by atoms with Crippen LogP contribution in [-0.2, 0) is 21.4 Å². The molecule has 1 saturated heterocycles. The summed E-state index contributed by atoms with van der Waals surface area (Å²) in [6.45, 7) is 10.6. The van der Waals surface area contributed by atoms with Crippen LogP contribution in [-0.4, -0.2) is 58.5 Å². The van der Waals surface area contributed by atoms with Crippen LogP contribution in [0.3, 0.4) is 0 Å². The number of piperidine rings is 1. The lowest BCUT2D eigenvalue weighted by atomic mass is 9.70. The van der Waals surface area contributed by atoms with E-state index in [-0.39, 0.29) is 17.3 Å². The molecule has 2 fully saturated rings. The summed E-state index contributed by atoms with van der Waals surface area (Å²) in [5.74, 6) is 1.75. The largest absolute Gasteiger partial charge is 0.491 e. The average Bonchev–Trinajstić information content (AvgIpc) is 3.19. The van der Waals surface area contributed by atoms with Gasteiger partial charge in [-0.05, 0) is 107 Å². The molecule has 220 valence electrons. The Morgan fingerprint density at radius 2 is 2.00 bits per heavy atom. The van der Waals surface area contributed by atoms with Crippen LogP contribution in [0, 0.1) is 24.2 Å². The van der Waals surface area contributed by atoms with Gasteiger partial charge in [0.2, 0.25) is 5.91 Å². The summed E-state index contributed by atoms with van der Waals surface area (Å²) in [6, 6.07) is 9.60. The maximum absolute atomic E-state index is 12.8. The number of aromatic nitrogens is 1. The number of carbonyl (C=O) groups excluding carboxylic acids is 2. The van der Waals surface area contributed by atoms with Gasteiger partial charge in [0.1, 0.15) is 18.1 Å². The average molecular weight is 561 g/mol. The van der Waals surface area contributed by atoms with Crippen molar-refractivity contribution in [2.45, 2.75) is 90.1 Å². The van der Waals surface area contributed by atoms with E-state index in [1.165, 1.54) is 12.8 Å². The summed E-state index contributed by atoms with van der Waals surface area (Å²) in [4.78, 5) is 30.8. The Labute approximate surface area is 244 Å². The van der Waals surface area contributed by atoms with Crippen molar-refractivity contribution >= 4 is 17.4 Å². The standard InChI is InChI=1S/C25H28N4O3.C8H16O/c1-17(30)3-5-20-14-21(16-27-18(20)2)32-12-11-29-9-7-25(8-10-29)22-13-19(15-26)4-6-23(22)28-24(25)31;1-3-4-7-5-8(2,9)6-7/h4,6,13-14,16H,3,5,7-12H2,1-2H3,(H,28,31);7,9H,3-6H2,1-2H3. The summed E-state index contributed by atoms with van der Waals surface area (Å²) in [7, 11) is 0. The lowest BCUT2D eigenvalue weighted by Crippen LogP contribution is -2.47. The highest BCUT2D eigenvalue weighted by Gasteiger charge is 2.48. The molecule has 2 aliphatic heterocycles. The van der Waals surface area contributed by atoms with Gasteiger partial charge in [0.05, 0.1) is 28.8 Å². The minimum atomic E-state index is -0.536. The van der Waals surface area contributed by atoms with Gasteiger partial charge in [-0.3, -0.25) is 14.7 Å². The van der Waals surface area contributed by atoms with Crippen molar-refractivity contribution in [1.82, 2.24) is 9.88 Å². The molecule has 2 aromatic rings. The first-order chi connectivity index (χ1) is 19.5. The number of nitrogens with one attached hydrogen (secondary N) is 1. The van der Waals surface area contributed by atoms with Crippen LogP contribution in [0.1, 0.15) is 88.1 Å². The molecule has 0 unspecified atom stereocenters. The molecule has 1 aromatic carbocycles. The molecule has 1 aliphatic carbocycles. The van der Waals surface area contributed by atoms with E-state index in [1.807, 2.05) is 32.0 Å². The molecule has 1 amide bonds. The van der Waals surface area contributed by atoms with E-state index < -0.39 is 5.41 Å². The predicted octanol–water partition coefficient (Wildman–Crippen LogP) is 5.10. The van der Waals surface area contributed by atoms with E-state index in [2.05, 4.69) is 28.2 Å². The molecule has 3 aliphatic rings. The number of aryl methyl sites for hydroxylation is 2. The molecule has 2 N–H and O–H groups in total. The first kappa shape index (κ1) is 30.7. The maximum atomic E-state index is 12.8. The second kappa shape index (κ2) is 13.1. The molecule has 0 atom stereocenters. The van der Waals surface area contributed by atoms with Crippen molar-refractivity contribution in [3.05, 3.63) is 52.8 Å². The SMILES string of the molecule is CC(=O)CCc1cc(OCCN2CCC3(CC2)C(=O)Nc2ccc(C#N)cc23)cnc1C.CCCC1CC(C)(O)C1. The van der Waals surface area contributed by atoms with Crippen LogP contribution in [0.2, 0.25) is 0 Å². The molecule has 1 aromatic heterocycles. The Balaban J connectivity index is 0.000000367. The third kappa shape index (κ3) is 7.52. The normalized spacial score (nSPS) is 22.5. The van der Waals surface area contributed by atoms with Crippen LogP contribution in [0.25, 0.3) is 0 Å². The van der Waals surface area contributed by atoms with Gasteiger partial charge in [-0.1, -0.05) is 19.8 Å². The van der Waals surface area contributed by atoms with Crippen LogP contribution in [0.4, 0.5) is 5.69 Å². The van der Waals surface area contributed by atoms with Crippen LogP contribution < -0.4 is 10.1 Å². The van der Waals surface area contributed by atoms with Gasteiger partial charge in [-0.2, -0.15) is 5.26 Å². The lowest BCUT2D eigenvalue weighted by Gasteiger charge is -2.40. The number of hydrogen-bond donors (Lipinski definition) is 2. The highest BCUT2D eigenvalue weighted by molar-refractivity contribution is 6.06. The van der Waals surface area contributed by atoms with Crippen molar-refractivity contribution in [3.63, 3.8) is 0 Å². The number of anilines is 1. The number of pyridine rings is 1. The van der Waals surface area contributed by atoms with Gasteiger partial charge in [-0.15, -0.1) is 0 Å². The fourth-order valence-corrected chi connectivity index (χ4v) is 6.43. The van der Waals surface area contributed by atoms with Gasteiger partial charge in [-0.25, -0.2) is 0 Å². The predicted molar refractivity (Wildman–Crippen MR) is 159 cm³/mol. The Hall–Kier alpha value is -3.28. The number of amides is 1. The van der Waals surface area contributed by atoms with E-state index in [4.69, 9.17) is 4.74 Å². The summed E-state index contributed by atoms with van der Waals surface area (Å²) in [6.07, 6.45) is 8.98. The van der Waals surface area contributed by atoms with Gasteiger partial charge in [0, 0.05) is 24.3 Å².